The van der Waals surface area contributed by atoms with Gasteiger partial charge in [0, 0.05) is 24.9 Å². The molecule has 0 bridgehead atoms. The van der Waals surface area contributed by atoms with Gasteiger partial charge in [-0.15, -0.1) is 24.0 Å². The van der Waals surface area contributed by atoms with Gasteiger partial charge in [0.05, 0.1) is 0 Å². The van der Waals surface area contributed by atoms with Gasteiger partial charge in [0.15, 0.2) is 5.96 Å². The number of hydrogen-bond acceptors (Lipinski definition) is 3. The number of nitrogens with one attached hydrogen (secondary N) is 2. The third-order valence-electron chi connectivity index (χ3n) is 3.30. The van der Waals surface area contributed by atoms with E-state index in [1.165, 1.54) is 0 Å². The SMILES string of the molecule is CCN(CC)CCCNC(=NC)NCC(C)(C)SC.I. The zero-order chi connectivity index (χ0) is 14.7. The van der Waals surface area contributed by atoms with E-state index in [4.69, 9.17) is 0 Å². The van der Waals surface area contributed by atoms with Crippen molar-refractivity contribution in [3.05, 3.63) is 0 Å². The smallest absolute Gasteiger partial charge is 0.191 e. The normalized spacial score (nSPS) is 12.2. The summed E-state index contributed by atoms with van der Waals surface area (Å²) in [6.45, 7) is 14.2. The van der Waals surface area contributed by atoms with Gasteiger partial charge in [0.2, 0.25) is 0 Å². The van der Waals surface area contributed by atoms with Gasteiger partial charge in [-0.05, 0) is 46.2 Å². The summed E-state index contributed by atoms with van der Waals surface area (Å²) < 4.78 is 0.235. The lowest BCUT2D eigenvalue weighted by Crippen LogP contribution is -2.44. The molecule has 4 nitrogen and oxygen atoms in total. The summed E-state index contributed by atoms with van der Waals surface area (Å²) in [5.74, 6) is 0.904. The van der Waals surface area contributed by atoms with E-state index in [2.05, 4.69) is 54.5 Å². The van der Waals surface area contributed by atoms with Crippen LogP contribution in [-0.4, -0.2) is 61.6 Å². The fourth-order valence-electron chi connectivity index (χ4n) is 1.64. The fourth-order valence-corrected chi connectivity index (χ4v) is 1.86. The zero-order valence-corrected chi connectivity index (χ0v) is 17.1. The van der Waals surface area contributed by atoms with Crippen molar-refractivity contribution in [1.82, 2.24) is 15.5 Å². The fraction of sp³-hybridized carbons (Fsp3) is 0.929. The second-order valence-electron chi connectivity index (χ2n) is 5.20. The Morgan fingerprint density at radius 1 is 1.20 bits per heavy atom. The number of guanidine groups is 1. The van der Waals surface area contributed by atoms with Gasteiger partial charge in [-0.2, -0.15) is 11.8 Å². The van der Waals surface area contributed by atoms with Crippen LogP contribution in [0.5, 0.6) is 0 Å². The van der Waals surface area contributed by atoms with E-state index in [0.29, 0.717) is 0 Å². The van der Waals surface area contributed by atoms with E-state index in [1.807, 2.05) is 18.8 Å². The van der Waals surface area contributed by atoms with Crippen molar-refractivity contribution in [2.45, 2.75) is 38.9 Å². The van der Waals surface area contributed by atoms with Crippen LogP contribution in [0.4, 0.5) is 0 Å². The predicted molar refractivity (Wildman–Crippen MR) is 105 cm³/mol. The highest BCUT2D eigenvalue weighted by Crippen LogP contribution is 2.19. The molecule has 0 aromatic carbocycles. The first-order valence-corrected chi connectivity index (χ1v) is 8.43. The first-order valence-electron chi connectivity index (χ1n) is 7.21. The van der Waals surface area contributed by atoms with Crippen LogP contribution in [-0.2, 0) is 0 Å². The highest BCUT2D eigenvalue weighted by Gasteiger charge is 2.15. The number of rotatable bonds is 9. The Morgan fingerprint density at radius 3 is 2.25 bits per heavy atom. The van der Waals surface area contributed by atoms with Gasteiger partial charge in [-0.1, -0.05) is 13.8 Å². The molecule has 0 saturated carbocycles. The van der Waals surface area contributed by atoms with Gasteiger partial charge < -0.3 is 15.5 Å². The number of nitrogens with zero attached hydrogens (tertiary/aromatic N) is 2. The van der Waals surface area contributed by atoms with Crippen LogP contribution in [0.3, 0.4) is 0 Å². The molecule has 20 heavy (non-hydrogen) atoms. The van der Waals surface area contributed by atoms with Crippen molar-refractivity contribution in [1.29, 1.82) is 0 Å². The maximum absolute atomic E-state index is 4.25. The van der Waals surface area contributed by atoms with Crippen LogP contribution in [0, 0.1) is 0 Å². The standard InChI is InChI=1S/C14H32N4S.HI/c1-7-18(8-2)11-9-10-16-13(15-5)17-12-14(3,4)19-6;/h7-12H2,1-6H3,(H2,15,16,17);1H. The lowest BCUT2D eigenvalue weighted by molar-refractivity contribution is 0.300. The highest BCUT2D eigenvalue weighted by molar-refractivity contribution is 14.0. The van der Waals surface area contributed by atoms with Crippen molar-refractivity contribution in [3.63, 3.8) is 0 Å². The number of aliphatic imine (C=N–C) groups is 1. The second kappa shape index (κ2) is 13.0. The zero-order valence-electron chi connectivity index (χ0n) is 14.0. The molecular formula is C14H33IN4S. The molecule has 0 amide bonds. The van der Waals surface area contributed by atoms with E-state index < -0.39 is 0 Å². The molecule has 0 saturated heterocycles. The molecule has 0 atom stereocenters. The molecule has 0 aliphatic carbocycles. The van der Waals surface area contributed by atoms with Crippen molar-refractivity contribution in [3.8, 4) is 0 Å². The molecule has 0 aromatic rings. The lowest BCUT2D eigenvalue weighted by atomic mass is 10.2. The molecular weight excluding hydrogens is 383 g/mol. The summed E-state index contributed by atoms with van der Waals surface area (Å²) >= 11 is 1.87. The molecule has 0 aromatic heterocycles. The third-order valence-corrected chi connectivity index (χ3v) is 4.55. The molecule has 0 heterocycles. The summed E-state index contributed by atoms with van der Waals surface area (Å²) in [4.78, 5) is 6.69. The van der Waals surface area contributed by atoms with Crippen molar-refractivity contribution >= 4 is 41.7 Å². The maximum atomic E-state index is 4.25. The summed E-state index contributed by atoms with van der Waals surface area (Å²) in [5, 5.41) is 6.75. The van der Waals surface area contributed by atoms with Crippen molar-refractivity contribution in [2.75, 3.05) is 46.0 Å². The predicted octanol–water partition coefficient (Wildman–Crippen LogP) is 2.64. The van der Waals surface area contributed by atoms with Crippen LogP contribution < -0.4 is 10.6 Å². The first kappa shape index (κ1) is 22.6. The van der Waals surface area contributed by atoms with Gasteiger partial charge >= 0.3 is 0 Å². The molecule has 0 aliphatic rings. The van der Waals surface area contributed by atoms with E-state index in [-0.39, 0.29) is 28.7 Å². The summed E-state index contributed by atoms with van der Waals surface area (Å²) in [6.07, 6.45) is 3.29. The van der Waals surface area contributed by atoms with Crippen molar-refractivity contribution < 1.29 is 0 Å². The Kier molecular flexibility index (Phi) is 14.7. The maximum Gasteiger partial charge on any atom is 0.191 e. The molecule has 0 aliphatic heterocycles. The van der Waals surface area contributed by atoms with Crippen LogP contribution in [0.2, 0.25) is 0 Å². The van der Waals surface area contributed by atoms with E-state index in [1.54, 1.807) is 0 Å². The van der Waals surface area contributed by atoms with E-state index in [9.17, 15) is 0 Å². The minimum absolute atomic E-state index is 0. The van der Waals surface area contributed by atoms with Gasteiger partial charge in [0.25, 0.3) is 0 Å². The van der Waals surface area contributed by atoms with Crippen LogP contribution in [0.25, 0.3) is 0 Å². The quantitative estimate of drug-likeness (QED) is 0.262. The molecule has 6 heteroatoms. The lowest BCUT2D eigenvalue weighted by Gasteiger charge is -2.24. The minimum Gasteiger partial charge on any atom is -0.356 e. The van der Waals surface area contributed by atoms with Crippen LogP contribution in [0.1, 0.15) is 34.1 Å². The average Bonchev–Trinajstić information content (AvgIpc) is 2.42. The molecule has 0 spiro atoms. The van der Waals surface area contributed by atoms with Crippen LogP contribution >= 0.6 is 35.7 Å². The number of hydrogen-bond donors (Lipinski definition) is 2. The van der Waals surface area contributed by atoms with Crippen LogP contribution in [0.15, 0.2) is 4.99 Å². The Hall–Kier alpha value is 0.310. The Labute approximate surface area is 147 Å². The summed E-state index contributed by atoms with van der Waals surface area (Å²) in [5.41, 5.74) is 0. The molecule has 0 unspecified atom stereocenters. The molecule has 122 valence electrons. The second-order valence-corrected chi connectivity index (χ2v) is 6.71. The highest BCUT2D eigenvalue weighted by atomic mass is 127. The first-order chi connectivity index (χ1) is 8.99. The van der Waals surface area contributed by atoms with Gasteiger partial charge in [-0.3, -0.25) is 4.99 Å². The Morgan fingerprint density at radius 2 is 1.80 bits per heavy atom. The van der Waals surface area contributed by atoms with Gasteiger partial charge in [-0.25, -0.2) is 0 Å². The number of thioether (sulfide) groups is 1. The largest absolute Gasteiger partial charge is 0.356 e. The minimum atomic E-state index is 0. The molecule has 2 N–H and O–H groups in total. The van der Waals surface area contributed by atoms with E-state index in [0.717, 1.165) is 45.1 Å². The molecule has 0 rings (SSSR count). The molecule has 0 fully saturated rings. The topological polar surface area (TPSA) is 39.7 Å². The summed E-state index contributed by atoms with van der Waals surface area (Å²) in [7, 11) is 1.83. The summed E-state index contributed by atoms with van der Waals surface area (Å²) in [6, 6.07) is 0. The Bertz CT molecular complexity index is 256. The van der Waals surface area contributed by atoms with Crippen molar-refractivity contribution in [2.24, 2.45) is 4.99 Å². The van der Waals surface area contributed by atoms with E-state index >= 15 is 0 Å². The molecule has 0 radical (unpaired) electrons. The van der Waals surface area contributed by atoms with Gasteiger partial charge in [0.1, 0.15) is 0 Å². The Balaban J connectivity index is 0. The monoisotopic (exact) mass is 416 g/mol. The number of halogens is 1. The average molecular weight is 416 g/mol. The third kappa shape index (κ3) is 11.0.